The van der Waals surface area contributed by atoms with Gasteiger partial charge in [0, 0.05) is 70.1 Å². The second-order valence-electron chi connectivity index (χ2n) is 10.0. The van der Waals surface area contributed by atoms with Crippen LogP contribution in [0.4, 0.5) is 0 Å². The molecule has 0 spiro atoms. The number of carbonyl (C=O) groups excluding carboxylic acids is 1. The molecule has 2 aromatic heterocycles. The highest BCUT2D eigenvalue weighted by molar-refractivity contribution is 6.33. The van der Waals surface area contributed by atoms with Gasteiger partial charge in [0.1, 0.15) is 0 Å². The minimum atomic E-state index is -0.478. The van der Waals surface area contributed by atoms with Crippen molar-refractivity contribution in [3.63, 3.8) is 0 Å². The lowest BCUT2D eigenvalue weighted by Gasteiger charge is -2.34. The van der Waals surface area contributed by atoms with Crippen LogP contribution in [-0.4, -0.2) is 45.1 Å². The maximum absolute atomic E-state index is 13.0. The molecule has 0 aliphatic carbocycles. The number of aliphatic hydroxyl groups excluding tert-OH is 1. The summed E-state index contributed by atoms with van der Waals surface area (Å²) in [5, 5.41) is 10.5. The third-order valence-corrected chi connectivity index (χ3v) is 6.36. The summed E-state index contributed by atoms with van der Waals surface area (Å²) >= 11 is 6.63. The van der Waals surface area contributed by atoms with E-state index >= 15 is 0 Å². The van der Waals surface area contributed by atoms with E-state index in [2.05, 4.69) is 42.9 Å². The number of piperidine rings is 1. The predicted octanol–water partition coefficient (Wildman–Crippen LogP) is 5.60. The van der Waals surface area contributed by atoms with Gasteiger partial charge in [-0.25, -0.2) is 0 Å². The van der Waals surface area contributed by atoms with E-state index in [4.69, 9.17) is 11.6 Å². The minimum absolute atomic E-state index is 0.0467. The largest absolute Gasteiger partial charge is 0.391 e. The molecule has 33 heavy (non-hydrogen) atoms. The van der Waals surface area contributed by atoms with Crippen LogP contribution in [0.3, 0.4) is 0 Å². The Hall–Kier alpha value is -2.76. The summed E-state index contributed by atoms with van der Waals surface area (Å²) in [6, 6.07) is 11.5. The van der Waals surface area contributed by atoms with Crippen LogP contribution in [0.15, 0.2) is 55.0 Å². The van der Waals surface area contributed by atoms with Gasteiger partial charge in [0.2, 0.25) is 0 Å². The summed E-state index contributed by atoms with van der Waals surface area (Å²) in [7, 11) is 0. The summed E-state index contributed by atoms with van der Waals surface area (Å²) in [5.74, 6) is 0.167. The molecule has 6 heteroatoms. The number of amides is 1. The van der Waals surface area contributed by atoms with Gasteiger partial charge in [-0.1, -0.05) is 45.4 Å². The fourth-order valence-corrected chi connectivity index (χ4v) is 4.60. The van der Waals surface area contributed by atoms with Crippen molar-refractivity contribution in [1.82, 2.24) is 14.9 Å². The predicted molar refractivity (Wildman–Crippen MR) is 132 cm³/mol. The fourth-order valence-electron chi connectivity index (χ4n) is 4.31. The average Bonchev–Trinajstić information content (AvgIpc) is 2.77. The maximum atomic E-state index is 13.0. The van der Waals surface area contributed by atoms with Crippen molar-refractivity contribution in [1.29, 1.82) is 0 Å². The van der Waals surface area contributed by atoms with Crippen LogP contribution < -0.4 is 0 Å². The molecule has 1 N–H and O–H groups in total. The molecule has 1 aromatic carbocycles. The molecule has 3 heterocycles. The molecule has 1 aliphatic rings. The first-order chi connectivity index (χ1) is 15.6. The first-order valence-electron chi connectivity index (χ1n) is 11.3. The number of halogens is 1. The second kappa shape index (κ2) is 9.24. The van der Waals surface area contributed by atoms with Crippen molar-refractivity contribution in [2.75, 3.05) is 13.1 Å². The van der Waals surface area contributed by atoms with Crippen LogP contribution >= 0.6 is 11.6 Å². The summed E-state index contributed by atoms with van der Waals surface area (Å²) in [4.78, 5) is 23.6. The van der Waals surface area contributed by atoms with Crippen molar-refractivity contribution in [3.05, 3.63) is 71.3 Å². The third kappa shape index (κ3) is 5.26. The quantitative estimate of drug-likeness (QED) is 0.548. The van der Waals surface area contributed by atoms with Gasteiger partial charge in [-0.05, 0) is 48.2 Å². The van der Waals surface area contributed by atoms with Gasteiger partial charge >= 0.3 is 0 Å². The van der Waals surface area contributed by atoms with Gasteiger partial charge < -0.3 is 10.0 Å². The van der Waals surface area contributed by atoms with Crippen molar-refractivity contribution < 1.29 is 9.90 Å². The number of likely N-dealkylation sites (tertiary alicyclic amines) is 1. The molecule has 4 rings (SSSR count). The number of rotatable bonds is 3. The molecule has 3 aromatic rings. The lowest BCUT2D eigenvalue weighted by molar-refractivity contribution is 0.0339. The molecule has 0 radical (unpaired) electrons. The van der Waals surface area contributed by atoms with Crippen molar-refractivity contribution in [2.45, 2.75) is 45.6 Å². The minimum Gasteiger partial charge on any atom is -0.391 e. The second-order valence-corrected chi connectivity index (χ2v) is 10.4. The molecule has 1 saturated heterocycles. The number of hydrogen-bond acceptors (Lipinski definition) is 4. The van der Waals surface area contributed by atoms with Crippen LogP contribution in [-0.2, 0) is 5.41 Å². The highest BCUT2D eigenvalue weighted by Gasteiger charge is 2.27. The van der Waals surface area contributed by atoms with E-state index in [1.54, 1.807) is 23.2 Å². The summed E-state index contributed by atoms with van der Waals surface area (Å²) < 4.78 is 0. The van der Waals surface area contributed by atoms with Gasteiger partial charge in [-0.3, -0.25) is 14.8 Å². The van der Waals surface area contributed by atoms with E-state index in [1.165, 1.54) is 0 Å². The fraction of sp³-hybridized carbons (Fsp3) is 0.370. The van der Waals surface area contributed by atoms with E-state index < -0.39 is 6.10 Å². The van der Waals surface area contributed by atoms with Gasteiger partial charge in [0.15, 0.2) is 0 Å². The topological polar surface area (TPSA) is 66.3 Å². The molecular weight excluding hydrogens is 434 g/mol. The zero-order chi connectivity index (χ0) is 23.8. The monoisotopic (exact) mass is 463 g/mol. The van der Waals surface area contributed by atoms with Crippen LogP contribution in [0.5, 0.6) is 0 Å². The van der Waals surface area contributed by atoms with Gasteiger partial charge in [-0.15, -0.1) is 0 Å². The molecule has 1 fully saturated rings. The van der Waals surface area contributed by atoms with Gasteiger partial charge in [0.25, 0.3) is 5.91 Å². The normalized spacial score (nSPS) is 18.9. The number of aliphatic hydroxyl groups is 1. The molecule has 1 amide bonds. The number of β-amino-alcohol motifs (C(OH)–C–C–N with tert-alkyl or cyclic N) is 1. The first-order valence-corrected chi connectivity index (χ1v) is 11.7. The molecule has 172 valence electrons. The lowest BCUT2D eigenvalue weighted by Crippen LogP contribution is -2.45. The Morgan fingerprint density at radius 3 is 2.52 bits per heavy atom. The third-order valence-electron chi connectivity index (χ3n) is 6.05. The van der Waals surface area contributed by atoms with Gasteiger partial charge in [0.05, 0.1) is 6.10 Å². The molecule has 1 aliphatic heterocycles. The van der Waals surface area contributed by atoms with E-state index in [9.17, 15) is 9.90 Å². The molecule has 5 nitrogen and oxygen atoms in total. The Morgan fingerprint density at radius 1 is 1.06 bits per heavy atom. The number of benzene rings is 1. The van der Waals surface area contributed by atoms with E-state index in [-0.39, 0.29) is 17.2 Å². The number of nitrogens with zero attached hydrogens (tertiary/aromatic N) is 3. The van der Waals surface area contributed by atoms with Crippen LogP contribution in [0.2, 0.25) is 5.02 Å². The Balaban J connectivity index is 1.61. The Morgan fingerprint density at radius 2 is 1.82 bits per heavy atom. The molecular formula is C27H30ClN3O2. The van der Waals surface area contributed by atoms with E-state index in [0.717, 1.165) is 34.4 Å². The molecule has 2 atom stereocenters. The van der Waals surface area contributed by atoms with E-state index in [1.807, 2.05) is 31.5 Å². The van der Waals surface area contributed by atoms with Crippen molar-refractivity contribution in [3.8, 4) is 22.3 Å². The SMILES string of the molecule is C[C@H]1C[C@@H](O)CN(C(=O)c2ccc(-c3cncc(-c4ccnc(C(C)(C)C)c4)c3)c(Cl)c2)C1. The van der Waals surface area contributed by atoms with Crippen LogP contribution in [0.1, 0.15) is 50.2 Å². The molecule has 0 saturated carbocycles. The highest BCUT2D eigenvalue weighted by atomic mass is 35.5. The zero-order valence-corrected chi connectivity index (χ0v) is 20.3. The average molecular weight is 464 g/mol. The van der Waals surface area contributed by atoms with Crippen LogP contribution in [0, 0.1) is 5.92 Å². The zero-order valence-electron chi connectivity index (χ0n) is 19.5. The smallest absolute Gasteiger partial charge is 0.254 e. The Kier molecular flexibility index (Phi) is 6.55. The number of carbonyl (C=O) groups is 1. The molecule has 0 unspecified atom stereocenters. The number of pyridine rings is 2. The van der Waals surface area contributed by atoms with Gasteiger partial charge in [-0.2, -0.15) is 0 Å². The van der Waals surface area contributed by atoms with Crippen LogP contribution in [0.25, 0.3) is 22.3 Å². The van der Waals surface area contributed by atoms with E-state index in [0.29, 0.717) is 23.7 Å². The summed E-state index contributed by atoms with van der Waals surface area (Å²) in [6.07, 6.45) is 5.68. The maximum Gasteiger partial charge on any atom is 0.254 e. The van der Waals surface area contributed by atoms with Crippen molar-refractivity contribution >= 4 is 17.5 Å². The Bertz CT molecular complexity index is 1160. The number of hydrogen-bond donors (Lipinski definition) is 1. The lowest BCUT2D eigenvalue weighted by atomic mass is 9.90. The Labute approximate surface area is 200 Å². The van der Waals surface area contributed by atoms with Crippen molar-refractivity contribution in [2.24, 2.45) is 5.92 Å². The summed E-state index contributed by atoms with van der Waals surface area (Å²) in [6.45, 7) is 9.47. The molecule has 0 bridgehead atoms. The summed E-state index contributed by atoms with van der Waals surface area (Å²) in [5.41, 5.74) is 5.22. The first kappa shape index (κ1) is 23.4. The standard InChI is InChI=1S/C27H30ClN3O2/c1-17-9-22(32)16-31(15-17)26(33)19-5-6-23(24(28)11-19)21-10-20(13-29-14-21)18-7-8-30-25(12-18)27(2,3)4/h5-8,10-14,17,22,32H,9,15-16H2,1-4H3/t17-,22+/m0/s1. The number of aromatic nitrogens is 2. The highest BCUT2D eigenvalue weighted by Crippen LogP contribution is 2.32.